The second-order valence-electron chi connectivity index (χ2n) is 6.42. The van der Waals surface area contributed by atoms with E-state index < -0.39 is 0 Å². The van der Waals surface area contributed by atoms with Crippen LogP contribution in [0.15, 0.2) is 24.3 Å². The van der Waals surface area contributed by atoms with Gasteiger partial charge in [-0.15, -0.1) is 0 Å². The molecule has 1 heterocycles. The average Bonchev–Trinajstić information content (AvgIpc) is 2.55. The lowest BCUT2D eigenvalue weighted by atomic mass is 10.1. The fraction of sp³-hybridized carbons (Fsp3) is 0.588. The van der Waals surface area contributed by atoms with Crippen molar-refractivity contribution >= 4 is 17.3 Å². The molecule has 1 aromatic rings. The van der Waals surface area contributed by atoms with Gasteiger partial charge in [-0.2, -0.15) is 0 Å². The van der Waals surface area contributed by atoms with E-state index in [1.165, 1.54) is 16.0 Å². The summed E-state index contributed by atoms with van der Waals surface area (Å²) in [6.07, 6.45) is 0. The molecular weight excluding hydrogens is 308 g/mol. The summed E-state index contributed by atoms with van der Waals surface area (Å²) in [4.78, 5) is 3.02. The lowest BCUT2D eigenvalue weighted by molar-refractivity contribution is -0.906. The van der Waals surface area contributed by atoms with E-state index in [-0.39, 0.29) is 0 Å². The molecule has 2 rings (SSSR count). The van der Waals surface area contributed by atoms with E-state index in [4.69, 9.17) is 17.0 Å². The Morgan fingerprint density at radius 1 is 1.13 bits per heavy atom. The summed E-state index contributed by atoms with van der Waals surface area (Å²) in [5.74, 6) is 0. The van der Waals surface area contributed by atoms with Gasteiger partial charge in [-0.3, -0.25) is 0 Å². The number of quaternary nitrogens is 2. The van der Waals surface area contributed by atoms with Crippen molar-refractivity contribution in [2.24, 2.45) is 0 Å². The molecule has 1 fully saturated rings. The molecule has 1 aliphatic heterocycles. The van der Waals surface area contributed by atoms with Crippen molar-refractivity contribution in [1.29, 1.82) is 0 Å². The van der Waals surface area contributed by atoms with Crippen LogP contribution in [0, 0.1) is 0 Å². The van der Waals surface area contributed by atoms with E-state index in [9.17, 15) is 0 Å². The van der Waals surface area contributed by atoms with Crippen LogP contribution in [0.3, 0.4) is 0 Å². The maximum absolute atomic E-state index is 5.36. The number of nitrogens with one attached hydrogen (secondary N) is 4. The van der Waals surface area contributed by atoms with Gasteiger partial charge in [0.05, 0.1) is 40.4 Å². The van der Waals surface area contributed by atoms with Gasteiger partial charge < -0.3 is 25.2 Å². The smallest absolute Gasteiger partial charge is 0.166 e. The molecule has 0 amide bonds. The molecule has 1 saturated heterocycles. The van der Waals surface area contributed by atoms with Crippen molar-refractivity contribution in [3.63, 3.8) is 0 Å². The fourth-order valence-electron chi connectivity index (χ4n) is 2.69. The highest BCUT2D eigenvalue weighted by molar-refractivity contribution is 7.80. The highest BCUT2D eigenvalue weighted by Crippen LogP contribution is 2.03. The number of morpholine rings is 1. The van der Waals surface area contributed by atoms with Crippen molar-refractivity contribution in [1.82, 2.24) is 10.6 Å². The zero-order valence-electron chi connectivity index (χ0n) is 14.3. The first-order valence-corrected chi connectivity index (χ1v) is 8.84. The van der Waals surface area contributed by atoms with Crippen molar-refractivity contribution in [3.05, 3.63) is 35.4 Å². The highest BCUT2D eigenvalue weighted by Gasteiger charge is 2.12. The minimum absolute atomic E-state index is 0.736. The van der Waals surface area contributed by atoms with Crippen LogP contribution in [0.1, 0.15) is 11.1 Å². The van der Waals surface area contributed by atoms with E-state index in [0.29, 0.717) is 0 Å². The summed E-state index contributed by atoms with van der Waals surface area (Å²) in [5, 5.41) is 7.31. The summed E-state index contributed by atoms with van der Waals surface area (Å²) in [6.45, 7) is 7.78. The molecule has 1 aromatic carbocycles. The molecule has 1 aliphatic rings. The predicted molar refractivity (Wildman–Crippen MR) is 96.8 cm³/mol. The second-order valence-corrected chi connectivity index (χ2v) is 6.83. The Morgan fingerprint density at radius 2 is 1.78 bits per heavy atom. The quantitative estimate of drug-likeness (QED) is 0.444. The molecule has 0 atom stereocenters. The van der Waals surface area contributed by atoms with E-state index in [1.807, 2.05) is 0 Å². The van der Waals surface area contributed by atoms with Gasteiger partial charge in [0.15, 0.2) is 5.11 Å². The van der Waals surface area contributed by atoms with Crippen molar-refractivity contribution in [2.75, 3.05) is 53.5 Å². The monoisotopic (exact) mass is 338 g/mol. The Hall–Kier alpha value is -1.21. The van der Waals surface area contributed by atoms with Crippen LogP contribution in [0.2, 0.25) is 0 Å². The van der Waals surface area contributed by atoms with E-state index in [2.05, 4.69) is 49.0 Å². The molecule has 0 saturated carbocycles. The molecule has 4 N–H and O–H groups in total. The van der Waals surface area contributed by atoms with E-state index >= 15 is 0 Å². The Kier molecular flexibility index (Phi) is 7.74. The summed E-state index contributed by atoms with van der Waals surface area (Å²) in [7, 11) is 4.33. The van der Waals surface area contributed by atoms with Gasteiger partial charge in [0.1, 0.15) is 19.6 Å². The van der Waals surface area contributed by atoms with Crippen LogP contribution in [0.4, 0.5) is 0 Å². The SMILES string of the molecule is C[NH+](C)Cc1ccc(CNC(=S)NCC[NH+]2CCOCC2)cc1. The summed E-state index contributed by atoms with van der Waals surface area (Å²) < 4.78 is 5.36. The summed E-state index contributed by atoms with van der Waals surface area (Å²) >= 11 is 5.34. The molecule has 0 radical (unpaired) electrons. The minimum atomic E-state index is 0.736. The standard InChI is InChI=1S/C17H28N4OS/c1-20(2)14-16-5-3-15(4-6-16)13-19-17(23)18-7-8-21-9-11-22-12-10-21/h3-6H,7-14H2,1-2H3,(H2,18,19,23)/p+2. The molecule has 23 heavy (non-hydrogen) atoms. The lowest BCUT2D eigenvalue weighted by Gasteiger charge is -2.24. The van der Waals surface area contributed by atoms with Gasteiger partial charge in [-0.05, 0) is 17.8 Å². The predicted octanol–water partition coefficient (Wildman–Crippen LogP) is -1.79. The first kappa shape index (κ1) is 18.1. The third-order valence-corrected chi connectivity index (χ3v) is 4.29. The molecule has 5 nitrogen and oxygen atoms in total. The van der Waals surface area contributed by atoms with Gasteiger partial charge in [0.25, 0.3) is 0 Å². The van der Waals surface area contributed by atoms with Crippen LogP contribution in [-0.4, -0.2) is 58.6 Å². The number of hydrogen-bond donors (Lipinski definition) is 4. The first-order valence-electron chi connectivity index (χ1n) is 8.43. The van der Waals surface area contributed by atoms with Crippen molar-refractivity contribution in [2.45, 2.75) is 13.1 Å². The first-order chi connectivity index (χ1) is 11.1. The van der Waals surface area contributed by atoms with Gasteiger partial charge >= 0.3 is 0 Å². The van der Waals surface area contributed by atoms with Gasteiger partial charge in [0, 0.05) is 12.1 Å². The Morgan fingerprint density at radius 3 is 2.43 bits per heavy atom. The largest absolute Gasteiger partial charge is 0.370 e. The maximum atomic E-state index is 5.36. The van der Waals surface area contributed by atoms with Crippen molar-refractivity contribution < 1.29 is 14.5 Å². The molecule has 0 bridgehead atoms. The summed E-state index contributed by atoms with van der Waals surface area (Å²) in [5.41, 5.74) is 2.62. The van der Waals surface area contributed by atoms with Crippen LogP contribution < -0.4 is 20.4 Å². The fourth-order valence-corrected chi connectivity index (χ4v) is 2.87. The molecule has 128 valence electrons. The Bertz CT molecular complexity index is 472. The van der Waals surface area contributed by atoms with Crippen LogP contribution >= 0.6 is 12.2 Å². The average molecular weight is 339 g/mol. The third-order valence-electron chi connectivity index (χ3n) is 4.00. The number of hydrogen-bond acceptors (Lipinski definition) is 2. The molecule has 0 spiro atoms. The molecule has 0 unspecified atom stereocenters. The zero-order chi connectivity index (χ0) is 16.5. The number of rotatable bonds is 7. The Balaban J connectivity index is 1.61. The van der Waals surface area contributed by atoms with Crippen LogP contribution in [0.25, 0.3) is 0 Å². The second kappa shape index (κ2) is 9.82. The third kappa shape index (κ3) is 7.26. The highest BCUT2D eigenvalue weighted by atomic mass is 32.1. The maximum Gasteiger partial charge on any atom is 0.166 e. The topological polar surface area (TPSA) is 42.2 Å². The molecular formula is C17H30N4OS+2. The lowest BCUT2D eigenvalue weighted by Crippen LogP contribution is -3.14. The van der Waals surface area contributed by atoms with Crippen LogP contribution in [0.5, 0.6) is 0 Å². The number of benzene rings is 1. The minimum Gasteiger partial charge on any atom is -0.370 e. The van der Waals surface area contributed by atoms with Crippen molar-refractivity contribution in [3.8, 4) is 0 Å². The Labute approximate surface area is 145 Å². The zero-order valence-corrected chi connectivity index (χ0v) is 15.1. The normalized spacial score (nSPS) is 15.6. The van der Waals surface area contributed by atoms with Gasteiger partial charge in [0.2, 0.25) is 0 Å². The molecule has 0 aromatic heterocycles. The van der Waals surface area contributed by atoms with E-state index in [0.717, 1.165) is 57.6 Å². The van der Waals surface area contributed by atoms with Crippen LogP contribution in [-0.2, 0) is 17.8 Å². The van der Waals surface area contributed by atoms with E-state index in [1.54, 1.807) is 4.90 Å². The number of thiocarbonyl (C=S) groups is 1. The number of ether oxygens (including phenoxy) is 1. The van der Waals surface area contributed by atoms with Gasteiger partial charge in [-0.1, -0.05) is 24.3 Å². The van der Waals surface area contributed by atoms with Gasteiger partial charge in [-0.25, -0.2) is 0 Å². The molecule has 6 heteroatoms. The summed E-state index contributed by atoms with van der Waals surface area (Å²) in [6, 6.07) is 8.74. The molecule has 0 aliphatic carbocycles.